The van der Waals surface area contributed by atoms with Crippen LogP contribution in [0.5, 0.6) is 5.75 Å². The summed E-state index contributed by atoms with van der Waals surface area (Å²) in [6.07, 6.45) is 3.43. The highest BCUT2D eigenvalue weighted by Crippen LogP contribution is 2.36. The van der Waals surface area contributed by atoms with Crippen molar-refractivity contribution >= 4 is 11.8 Å². The minimum atomic E-state index is -0.968. The summed E-state index contributed by atoms with van der Waals surface area (Å²) in [7, 11) is 0. The van der Waals surface area contributed by atoms with Crippen LogP contribution in [0.25, 0.3) is 0 Å². The van der Waals surface area contributed by atoms with Gasteiger partial charge in [0.15, 0.2) is 11.4 Å². The Morgan fingerprint density at radius 3 is 2.64 bits per heavy atom. The van der Waals surface area contributed by atoms with Crippen molar-refractivity contribution < 1.29 is 23.5 Å². The number of fused-ring (bicyclic) bond motifs is 1. The van der Waals surface area contributed by atoms with Crippen molar-refractivity contribution in [3.63, 3.8) is 0 Å². The molecule has 0 atom stereocenters. The summed E-state index contributed by atoms with van der Waals surface area (Å²) in [5.41, 5.74) is -1.87. The van der Waals surface area contributed by atoms with Crippen molar-refractivity contribution in [1.29, 1.82) is 0 Å². The number of amides is 2. The topological polar surface area (TPSA) is 104 Å². The van der Waals surface area contributed by atoms with Crippen LogP contribution < -0.4 is 16.1 Å². The second-order valence-corrected chi connectivity index (χ2v) is 8.55. The minimum absolute atomic E-state index is 0.0473. The van der Waals surface area contributed by atoms with Crippen molar-refractivity contribution in [3.05, 3.63) is 63.1 Å². The van der Waals surface area contributed by atoms with Gasteiger partial charge in [0.2, 0.25) is 5.43 Å². The van der Waals surface area contributed by atoms with E-state index in [0.29, 0.717) is 32.0 Å². The van der Waals surface area contributed by atoms with Crippen molar-refractivity contribution in [2.75, 3.05) is 19.6 Å². The first kappa shape index (κ1) is 22.9. The maximum absolute atomic E-state index is 13.9. The molecule has 2 aliphatic rings. The molecule has 0 aliphatic carbocycles. The molecule has 1 aromatic heterocycles. The Morgan fingerprint density at radius 2 is 1.97 bits per heavy atom. The fraction of sp³-hybridized carbons (Fsp3) is 0.435. The molecule has 0 saturated carbocycles. The molecular formula is C23H26F2N4O4. The van der Waals surface area contributed by atoms with Gasteiger partial charge in [-0.3, -0.25) is 14.4 Å². The number of carbonyl (C=O) groups is 2. The summed E-state index contributed by atoms with van der Waals surface area (Å²) < 4.78 is 28.5. The number of rotatable bonds is 5. The third kappa shape index (κ3) is 4.10. The van der Waals surface area contributed by atoms with Gasteiger partial charge in [-0.25, -0.2) is 8.78 Å². The Labute approximate surface area is 189 Å². The SMILES string of the molecule is CCCN1C(=O)c2c(O)c(=O)c(C(=O)NCc3ccc(F)cc3F)cn2CC12CCNCC2. The maximum atomic E-state index is 13.9. The Bertz CT molecular complexity index is 1160. The van der Waals surface area contributed by atoms with Crippen LogP contribution in [0.15, 0.2) is 29.2 Å². The third-order valence-electron chi connectivity index (χ3n) is 6.42. The molecule has 8 nitrogen and oxygen atoms in total. The second-order valence-electron chi connectivity index (χ2n) is 8.55. The monoisotopic (exact) mass is 460 g/mol. The summed E-state index contributed by atoms with van der Waals surface area (Å²) in [4.78, 5) is 40.6. The van der Waals surface area contributed by atoms with Gasteiger partial charge in [0.25, 0.3) is 11.8 Å². The third-order valence-corrected chi connectivity index (χ3v) is 6.42. The van der Waals surface area contributed by atoms with Gasteiger partial charge in [0, 0.05) is 37.5 Å². The van der Waals surface area contributed by atoms with Crippen molar-refractivity contribution in [3.8, 4) is 5.75 Å². The van der Waals surface area contributed by atoms with E-state index in [1.54, 1.807) is 4.90 Å². The molecule has 10 heteroatoms. The van der Waals surface area contributed by atoms with Crippen molar-refractivity contribution in [2.45, 2.75) is 44.8 Å². The normalized spacial score (nSPS) is 17.2. The van der Waals surface area contributed by atoms with Crippen LogP contribution in [0, 0.1) is 11.6 Å². The molecule has 2 amide bonds. The van der Waals surface area contributed by atoms with Crippen LogP contribution in [0.3, 0.4) is 0 Å². The molecule has 4 rings (SSSR count). The number of hydrogen-bond acceptors (Lipinski definition) is 5. The molecule has 3 heterocycles. The van der Waals surface area contributed by atoms with E-state index in [1.807, 2.05) is 6.92 Å². The number of pyridine rings is 1. The predicted molar refractivity (Wildman–Crippen MR) is 116 cm³/mol. The number of aromatic nitrogens is 1. The van der Waals surface area contributed by atoms with E-state index < -0.39 is 40.2 Å². The number of aromatic hydroxyl groups is 1. The van der Waals surface area contributed by atoms with Gasteiger partial charge in [-0.15, -0.1) is 0 Å². The van der Waals surface area contributed by atoms with E-state index in [2.05, 4.69) is 10.6 Å². The summed E-state index contributed by atoms with van der Waals surface area (Å²) in [6, 6.07) is 2.97. The van der Waals surface area contributed by atoms with Crippen molar-refractivity contribution in [1.82, 2.24) is 20.1 Å². The van der Waals surface area contributed by atoms with Crippen LogP contribution in [0.2, 0.25) is 0 Å². The molecule has 2 aliphatic heterocycles. The number of carbonyl (C=O) groups excluding carboxylic acids is 2. The molecule has 0 radical (unpaired) electrons. The highest BCUT2D eigenvalue weighted by Gasteiger charge is 2.46. The first-order valence-electron chi connectivity index (χ1n) is 11.0. The molecule has 0 unspecified atom stereocenters. The summed E-state index contributed by atoms with van der Waals surface area (Å²) >= 11 is 0. The average molecular weight is 460 g/mol. The van der Waals surface area contributed by atoms with E-state index in [1.165, 1.54) is 16.8 Å². The molecule has 1 aromatic carbocycles. The van der Waals surface area contributed by atoms with E-state index >= 15 is 0 Å². The Balaban J connectivity index is 1.67. The first-order valence-corrected chi connectivity index (χ1v) is 11.0. The van der Waals surface area contributed by atoms with Gasteiger partial charge in [-0.05, 0) is 38.4 Å². The molecule has 0 bridgehead atoms. The quantitative estimate of drug-likeness (QED) is 0.631. The lowest BCUT2D eigenvalue weighted by atomic mass is 9.83. The van der Waals surface area contributed by atoms with E-state index in [9.17, 15) is 28.3 Å². The van der Waals surface area contributed by atoms with Crippen LogP contribution in [0.1, 0.15) is 52.6 Å². The molecule has 2 aromatic rings. The number of benzene rings is 1. The van der Waals surface area contributed by atoms with Gasteiger partial charge >= 0.3 is 0 Å². The molecule has 1 saturated heterocycles. The zero-order valence-electron chi connectivity index (χ0n) is 18.3. The predicted octanol–water partition coefficient (Wildman–Crippen LogP) is 1.75. The van der Waals surface area contributed by atoms with Gasteiger partial charge < -0.3 is 25.2 Å². The average Bonchev–Trinajstić information content (AvgIpc) is 2.78. The molecule has 1 spiro atoms. The molecule has 176 valence electrons. The maximum Gasteiger partial charge on any atom is 0.275 e. The summed E-state index contributed by atoms with van der Waals surface area (Å²) in [6.45, 7) is 3.98. The zero-order valence-corrected chi connectivity index (χ0v) is 18.3. The van der Waals surface area contributed by atoms with Crippen LogP contribution >= 0.6 is 0 Å². The van der Waals surface area contributed by atoms with Gasteiger partial charge in [-0.1, -0.05) is 13.0 Å². The number of nitrogens with one attached hydrogen (secondary N) is 2. The van der Waals surface area contributed by atoms with E-state index in [0.717, 1.165) is 25.6 Å². The lowest BCUT2D eigenvalue weighted by Gasteiger charge is -2.50. The largest absolute Gasteiger partial charge is 0.503 e. The Kier molecular flexibility index (Phi) is 6.20. The van der Waals surface area contributed by atoms with Gasteiger partial charge in [0.1, 0.15) is 17.2 Å². The van der Waals surface area contributed by atoms with Crippen LogP contribution in [-0.4, -0.2) is 51.6 Å². The summed E-state index contributed by atoms with van der Waals surface area (Å²) in [5, 5.41) is 16.3. The highest BCUT2D eigenvalue weighted by atomic mass is 19.1. The van der Waals surface area contributed by atoms with Crippen molar-refractivity contribution in [2.24, 2.45) is 0 Å². The number of hydrogen-bond donors (Lipinski definition) is 3. The van der Waals surface area contributed by atoms with Gasteiger partial charge in [-0.2, -0.15) is 0 Å². The Hall–Kier alpha value is -3.27. The first-order chi connectivity index (χ1) is 15.8. The molecule has 1 fully saturated rings. The number of piperidine rings is 1. The fourth-order valence-electron chi connectivity index (χ4n) is 4.72. The van der Waals surface area contributed by atoms with E-state index in [-0.39, 0.29) is 23.4 Å². The smallest absolute Gasteiger partial charge is 0.275 e. The lowest BCUT2D eigenvalue weighted by molar-refractivity contribution is 0.0167. The lowest BCUT2D eigenvalue weighted by Crippen LogP contribution is -2.62. The summed E-state index contributed by atoms with van der Waals surface area (Å²) in [5.74, 6) is -3.59. The Morgan fingerprint density at radius 1 is 1.24 bits per heavy atom. The van der Waals surface area contributed by atoms with Crippen LogP contribution in [-0.2, 0) is 13.1 Å². The zero-order chi connectivity index (χ0) is 23.8. The van der Waals surface area contributed by atoms with E-state index in [4.69, 9.17) is 0 Å². The standard InChI is InChI=1S/C23H26F2N4O4/c1-2-9-29-22(33)18-20(31)19(30)16(12-28(18)13-23(29)5-7-26-8-6-23)21(32)27-11-14-3-4-15(24)10-17(14)25/h3-4,10,12,26,31H,2,5-9,11,13H2,1H3,(H,27,32). The minimum Gasteiger partial charge on any atom is -0.503 e. The highest BCUT2D eigenvalue weighted by molar-refractivity contribution is 5.99. The van der Waals surface area contributed by atoms with Crippen LogP contribution in [0.4, 0.5) is 8.78 Å². The molecule has 3 N–H and O–H groups in total. The number of halogens is 2. The van der Waals surface area contributed by atoms with Gasteiger partial charge in [0.05, 0.1) is 5.54 Å². The second kappa shape index (κ2) is 8.93. The molecular weight excluding hydrogens is 434 g/mol. The molecule has 33 heavy (non-hydrogen) atoms. The fourth-order valence-corrected chi connectivity index (χ4v) is 4.72. The number of nitrogens with zero attached hydrogens (tertiary/aromatic N) is 2.